The van der Waals surface area contributed by atoms with Gasteiger partial charge in [-0.05, 0) is 85.3 Å². The molecule has 0 fully saturated rings. The first kappa shape index (κ1) is 34.3. The third-order valence-corrected chi connectivity index (χ3v) is 8.11. The van der Waals surface area contributed by atoms with E-state index in [1.54, 1.807) is 97.1 Å². The Kier molecular flexibility index (Phi) is 12.8. The number of ether oxygens (including phenoxy) is 1. The van der Waals surface area contributed by atoms with Crippen molar-refractivity contribution in [3.8, 4) is 0 Å². The van der Waals surface area contributed by atoms with E-state index >= 15 is 0 Å². The van der Waals surface area contributed by atoms with Gasteiger partial charge in [-0.3, -0.25) is 14.4 Å². The molecule has 0 saturated carbocycles. The van der Waals surface area contributed by atoms with Crippen molar-refractivity contribution < 1.29 is 23.9 Å². The largest absolute Gasteiger partial charge is 0.462 e. The van der Waals surface area contributed by atoms with Gasteiger partial charge >= 0.3 is 5.97 Å². The van der Waals surface area contributed by atoms with E-state index in [1.165, 1.54) is 17.8 Å². The molecule has 0 spiro atoms. The number of halogens is 2. The number of nitrogens with one attached hydrogen (secondary N) is 3. The fourth-order valence-corrected chi connectivity index (χ4v) is 5.20. The molecule has 0 atom stereocenters. The summed E-state index contributed by atoms with van der Waals surface area (Å²) in [5, 5.41) is 8.88. The Morgan fingerprint density at radius 3 is 2.04 bits per heavy atom. The highest BCUT2D eigenvalue weighted by molar-refractivity contribution is 8.00. The highest BCUT2D eigenvalue weighted by atomic mass is 35.5. The molecule has 46 heavy (non-hydrogen) atoms. The summed E-state index contributed by atoms with van der Waals surface area (Å²) in [5.41, 5.74) is 2.16. The number of unbranched alkanes of at least 4 members (excludes halogenated alkanes) is 1. The van der Waals surface area contributed by atoms with Crippen molar-refractivity contribution in [3.05, 3.63) is 129 Å². The number of benzene rings is 4. The highest BCUT2D eigenvalue weighted by Crippen LogP contribution is 2.27. The molecule has 4 rings (SSSR count). The molecule has 4 aromatic rings. The van der Waals surface area contributed by atoms with Crippen LogP contribution in [0.25, 0.3) is 6.08 Å². The van der Waals surface area contributed by atoms with Crippen LogP contribution in [-0.2, 0) is 14.3 Å². The number of thioether (sulfide) groups is 1. The fraction of sp³-hybridized carbons (Fsp3) is 0.143. The van der Waals surface area contributed by atoms with E-state index < -0.39 is 17.8 Å². The van der Waals surface area contributed by atoms with Gasteiger partial charge < -0.3 is 20.7 Å². The number of hydrogen-bond acceptors (Lipinski definition) is 6. The quantitative estimate of drug-likeness (QED) is 0.0571. The zero-order valence-corrected chi connectivity index (χ0v) is 27.2. The lowest BCUT2D eigenvalue weighted by Gasteiger charge is -2.13. The number of esters is 1. The zero-order valence-electron chi connectivity index (χ0n) is 24.8. The van der Waals surface area contributed by atoms with Gasteiger partial charge in [-0.2, -0.15) is 0 Å². The number of rotatable bonds is 13. The Bertz CT molecular complexity index is 1690. The number of carbonyl (C=O) groups excluding carboxylic acids is 4. The van der Waals surface area contributed by atoms with Crippen LogP contribution in [0.4, 0.5) is 11.4 Å². The number of amides is 3. The van der Waals surface area contributed by atoms with Gasteiger partial charge in [-0.25, -0.2) is 4.79 Å². The molecule has 3 N–H and O–H groups in total. The number of hydrogen-bond donors (Lipinski definition) is 3. The Balaban J connectivity index is 1.35. The van der Waals surface area contributed by atoms with Gasteiger partial charge in [-0.15, -0.1) is 11.8 Å². The Hall–Kier alpha value is -4.57. The van der Waals surface area contributed by atoms with Crippen LogP contribution in [0.15, 0.2) is 108 Å². The van der Waals surface area contributed by atoms with E-state index in [9.17, 15) is 19.2 Å². The van der Waals surface area contributed by atoms with E-state index in [0.717, 1.165) is 17.7 Å². The molecule has 3 amide bonds. The lowest BCUT2D eigenvalue weighted by atomic mass is 10.1. The molecule has 0 aliphatic carbocycles. The maximum Gasteiger partial charge on any atom is 0.338 e. The maximum absolute atomic E-state index is 13.3. The van der Waals surface area contributed by atoms with Crippen molar-refractivity contribution in [1.29, 1.82) is 0 Å². The van der Waals surface area contributed by atoms with Gasteiger partial charge in [0.25, 0.3) is 11.8 Å². The summed E-state index contributed by atoms with van der Waals surface area (Å²) >= 11 is 14.0. The topological polar surface area (TPSA) is 114 Å². The third-order valence-electron chi connectivity index (χ3n) is 6.43. The fourth-order valence-electron chi connectivity index (χ4n) is 4.00. The van der Waals surface area contributed by atoms with Gasteiger partial charge in [0.05, 0.1) is 17.9 Å². The molecular formula is C35H31Cl2N3O5S. The van der Waals surface area contributed by atoms with Crippen molar-refractivity contribution >= 4 is 76.1 Å². The van der Waals surface area contributed by atoms with Crippen molar-refractivity contribution in [2.45, 2.75) is 24.7 Å². The van der Waals surface area contributed by atoms with E-state index in [-0.39, 0.29) is 17.4 Å². The van der Waals surface area contributed by atoms with Crippen LogP contribution in [0.5, 0.6) is 0 Å². The monoisotopic (exact) mass is 675 g/mol. The molecule has 0 heterocycles. The number of carbonyl (C=O) groups is 4. The van der Waals surface area contributed by atoms with Crippen LogP contribution in [0.1, 0.15) is 46.0 Å². The standard InChI is InChI=1S/C35H31Cl2N3O5S/c1-2-3-20-45-35(44)24-12-14-25(15-13-24)38-32(41)22-46-27-18-16-26(17-19-27)39-34(43)31(21-28-29(36)10-7-11-30(28)37)40-33(42)23-8-5-4-6-9-23/h4-19,21H,2-3,20,22H2,1H3,(H,38,41)(H,39,43)(H,40,42)/b31-21-. The van der Waals surface area contributed by atoms with E-state index in [2.05, 4.69) is 16.0 Å². The predicted molar refractivity (Wildman–Crippen MR) is 184 cm³/mol. The molecule has 0 bridgehead atoms. The van der Waals surface area contributed by atoms with Crippen molar-refractivity contribution in [2.24, 2.45) is 0 Å². The van der Waals surface area contributed by atoms with Crippen LogP contribution in [0.2, 0.25) is 10.0 Å². The first-order chi connectivity index (χ1) is 22.2. The average Bonchev–Trinajstić information content (AvgIpc) is 3.06. The first-order valence-corrected chi connectivity index (χ1v) is 16.1. The minimum absolute atomic E-state index is 0.0552. The summed E-state index contributed by atoms with van der Waals surface area (Å²) in [7, 11) is 0. The van der Waals surface area contributed by atoms with Crippen LogP contribution < -0.4 is 16.0 Å². The van der Waals surface area contributed by atoms with Crippen molar-refractivity contribution in [1.82, 2.24) is 5.32 Å². The summed E-state index contributed by atoms with van der Waals surface area (Å²) in [6.07, 6.45) is 3.17. The van der Waals surface area contributed by atoms with Crippen molar-refractivity contribution in [2.75, 3.05) is 23.0 Å². The summed E-state index contributed by atoms with van der Waals surface area (Å²) in [6.45, 7) is 2.40. The van der Waals surface area contributed by atoms with Crippen LogP contribution >= 0.6 is 35.0 Å². The van der Waals surface area contributed by atoms with Gasteiger partial charge in [0.2, 0.25) is 5.91 Å². The molecule has 236 valence electrons. The first-order valence-electron chi connectivity index (χ1n) is 14.4. The number of anilines is 2. The van der Waals surface area contributed by atoms with E-state index in [0.29, 0.717) is 44.7 Å². The van der Waals surface area contributed by atoms with Gasteiger partial charge in [0.1, 0.15) is 5.70 Å². The lowest BCUT2D eigenvalue weighted by Crippen LogP contribution is -2.30. The average molecular weight is 677 g/mol. The molecule has 0 unspecified atom stereocenters. The summed E-state index contributed by atoms with van der Waals surface area (Å²) in [5.74, 6) is -1.53. The SMILES string of the molecule is CCCCOC(=O)c1ccc(NC(=O)CSc2ccc(NC(=O)/C(=C/c3c(Cl)cccc3Cl)NC(=O)c3ccccc3)cc2)cc1. The van der Waals surface area contributed by atoms with E-state index in [4.69, 9.17) is 27.9 Å². The zero-order chi connectivity index (χ0) is 32.9. The predicted octanol–water partition coefficient (Wildman–Crippen LogP) is 8.09. The van der Waals surface area contributed by atoms with Crippen molar-refractivity contribution in [3.63, 3.8) is 0 Å². The molecule has 11 heteroatoms. The normalized spacial score (nSPS) is 11.0. The molecule has 0 radical (unpaired) electrons. The lowest BCUT2D eigenvalue weighted by molar-refractivity contribution is -0.114. The second-order valence-corrected chi connectivity index (χ2v) is 11.8. The van der Waals surface area contributed by atoms with Gasteiger partial charge in [0.15, 0.2) is 0 Å². The molecule has 0 aromatic heterocycles. The van der Waals surface area contributed by atoms with E-state index in [1.807, 2.05) is 6.92 Å². The third kappa shape index (κ3) is 10.2. The minimum atomic E-state index is -0.583. The molecule has 8 nitrogen and oxygen atoms in total. The Labute approximate surface area is 281 Å². The Morgan fingerprint density at radius 1 is 0.761 bits per heavy atom. The highest BCUT2D eigenvalue weighted by Gasteiger charge is 2.17. The summed E-state index contributed by atoms with van der Waals surface area (Å²) in [6, 6.07) is 26.9. The maximum atomic E-state index is 13.3. The van der Waals surface area contributed by atoms with Crippen LogP contribution in [0, 0.1) is 0 Å². The molecule has 0 saturated heterocycles. The smallest absolute Gasteiger partial charge is 0.338 e. The summed E-state index contributed by atoms with van der Waals surface area (Å²) in [4.78, 5) is 51.6. The van der Waals surface area contributed by atoms with Gasteiger partial charge in [-0.1, -0.05) is 60.8 Å². The molecular weight excluding hydrogens is 645 g/mol. The minimum Gasteiger partial charge on any atom is -0.462 e. The molecule has 0 aliphatic heterocycles. The summed E-state index contributed by atoms with van der Waals surface area (Å²) < 4.78 is 5.20. The van der Waals surface area contributed by atoms with Crippen LogP contribution in [-0.4, -0.2) is 36.1 Å². The second kappa shape index (κ2) is 17.2. The molecule has 4 aromatic carbocycles. The Morgan fingerprint density at radius 2 is 1.39 bits per heavy atom. The van der Waals surface area contributed by atoms with Crippen LogP contribution in [0.3, 0.4) is 0 Å². The van der Waals surface area contributed by atoms with Gasteiger partial charge in [0, 0.05) is 37.4 Å². The molecule has 0 aliphatic rings. The second-order valence-electron chi connectivity index (χ2n) is 9.90.